The Morgan fingerprint density at radius 3 is 2.56 bits per heavy atom. The van der Waals surface area contributed by atoms with Gasteiger partial charge in [-0.3, -0.25) is 14.4 Å². The molecule has 3 aliphatic rings. The molecule has 45 heavy (non-hydrogen) atoms. The van der Waals surface area contributed by atoms with Crippen LogP contribution in [0.5, 0.6) is 11.5 Å². The third kappa shape index (κ3) is 5.82. The highest BCUT2D eigenvalue weighted by Crippen LogP contribution is 2.28. The molecule has 9 nitrogen and oxygen atoms in total. The number of H-pyrrole nitrogens is 1. The van der Waals surface area contributed by atoms with E-state index in [4.69, 9.17) is 9.47 Å². The molecule has 0 saturated carbocycles. The minimum atomic E-state index is -0.681. The normalized spacial score (nSPS) is 18.4. The van der Waals surface area contributed by atoms with Gasteiger partial charge in [0.25, 0.3) is 17.7 Å². The molecule has 0 spiro atoms. The molecule has 3 N–H and O–H groups in total. The van der Waals surface area contributed by atoms with Crippen molar-refractivity contribution in [1.29, 1.82) is 0 Å². The standard InChI is InChI=1S/C35H29FN4O5/c36-29-12-9-24-16-28(29)34(42)39-30-18-40(35(43)27-6-2-3-22-13-14-37-33(22)27)19-31(30)45-25-10-7-21(8-11-25)17-38-32(41)20-44-26-5-1-4-23(24)15-26/h1-16,30-31,37H,17-20H2,(H,38,41)(H,39,42)/t30-,31-/m0/s1. The van der Waals surface area contributed by atoms with Crippen LogP contribution in [0.4, 0.5) is 4.39 Å². The number of aromatic amines is 1. The lowest BCUT2D eigenvalue weighted by atomic mass is 10.0. The zero-order valence-corrected chi connectivity index (χ0v) is 24.1. The Morgan fingerprint density at radius 2 is 1.69 bits per heavy atom. The van der Waals surface area contributed by atoms with Crippen LogP contribution in [0.25, 0.3) is 22.0 Å². The van der Waals surface area contributed by atoms with E-state index in [0.717, 1.165) is 16.5 Å². The molecular formula is C35H29FN4O5. The van der Waals surface area contributed by atoms with Crippen LogP contribution in [0.2, 0.25) is 0 Å². The third-order valence-corrected chi connectivity index (χ3v) is 8.14. The molecule has 0 radical (unpaired) electrons. The molecule has 5 aromatic rings. The molecule has 1 aromatic heterocycles. The van der Waals surface area contributed by atoms with Gasteiger partial charge in [-0.15, -0.1) is 0 Å². The number of halogens is 1. The SMILES string of the molecule is O=C1COc2cccc(c2)-c2ccc(F)c(c2)C(=O)N[C@H]2CN(C(=O)c3cccc4cc[nH]c34)C[C@@H]2Oc2ccc(cc2)CN1. The van der Waals surface area contributed by atoms with E-state index >= 15 is 4.39 Å². The highest BCUT2D eigenvalue weighted by molar-refractivity contribution is 6.06. The smallest absolute Gasteiger partial charge is 0.258 e. The number of amides is 3. The van der Waals surface area contributed by atoms with Gasteiger partial charge in [-0.25, -0.2) is 4.39 Å². The van der Waals surface area contributed by atoms with Gasteiger partial charge < -0.3 is 30.0 Å². The number of fused-ring (bicyclic) bond motifs is 8. The van der Waals surface area contributed by atoms with Gasteiger partial charge in [0.2, 0.25) is 0 Å². The fraction of sp³-hybridized carbons (Fsp3) is 0.171. The molecular weight excluding hydrogens is 575 g/mol. The van der Waals surface area contributed by atoms with Crippen LogP contribution < -0.4 is 20.1 Å². The van der Waals surface area contributed by atoms with E-state index in [2.05, 4.69) is 15.6 Å². The number of para-hydroxylation sites is 1. The van der Waals surface area contributed by atoms with Gasteiger partial charge in [-0.2, -0.15) is 0 Å². The number of hydrogen-bond acceptors (Lipinski definition) is 5. The summed E-state index contributed by atoms with van der Waals surface area (Å²) in [6.45, 7) is 0.485. The van der Waals surface area contributed by atoms with Crippen molar-refractivity contribution in [2.45, 2.75) is 18.7 Å². The number of carbonyl (C=O) groups is 3. The second kappa shape index (κ2) is 11.8. The molecule has 0 aliphatic carbocycles. The fourth-order valence-corrected chi connectivity index (χ4v) is 5.78. The number of rotatable bonds is 1. The van der Waals surface area contributed by atoms with Crippen molar-refractivity contribution in [3.63, 3.8) is 0 Å². The number of likely N-dealkylation sites (tertiary alicyclic amines) is 1. The maximum Gasteiger partial charge on any atom is 0.258 e. The highest BCUT2D eigenvalue weighted by Gasteiger charge is 2.39. The molecule has 1 saturated heterocycles. The van der Waals surface area contributed by atoms with Crippen molar-refractivity contribution in [2.75, 3.05) is 19.7 Å². The zero-order valence-electron chi connectivity index (χ0n) is 24.1. The van der Waals surface area contributed by atoms with Gasteiger partial charge >= 0.3 is 0 Å². The second-order valence-electron chi connectivity index (χ2n) is 11.1. The summed E-state index contributed by atoms with van der Waals surface area (Å²) in [5.74, 6) is -0.811. The minimum Gasteiger partial charge on any atom is -0.486 e. The summed E-state index contributed by atoms with van der Waals surface area (Å²) in [5, 5.41) is 6.70. The summed E-state index contributed by atoms with van der Waals surface area (Å²) < 4.78 is 27.1. The Bertz CT molecular complexity index is 1920. The van der Waals surface area contributed by atoms with Crippen molar-refractivity contribution < 1.29 is 28.2 Å². The van der Waals surface area contributed by atoms with E-state index in [1.807, 2.05) is 36.4 Å². The van der Waals surface area contributed by atoms with Crippen LogP contribution in [-0.4, -0.2) is 59.4 Å². The van der Waals surface area contributed by atoms with Crippen LogP contribution in [0, 0.1) is 5.82 Å². The van der Waals surface area contributed by atoms with Crippen LogP contribution in [0.15, 0.2) is 97.2 Å². The molecule has 6 bridgehead atoms. The Morgan fingerprint density at radius 1 is 0.867 bits per heavy atom. The first-order valence-electron chi connectivity index (χ1n) is 14.6. The number of ether oxygens (including phenoxy) is 2. The van der Waals surface area contributed by atoms with Gasteiger partial charge in [-0.1, -0.05) is 42.5 Å². The van der Waals surface area contributed by atoms with Crippen molar-refractivity contribution in [1.82, 2.24) is 20.5 Å². The average molecular weight is 605 g/mol. The highest BCUT2D eigenvalue weighted by atomic mass is 19.1. The van der Waals surface area contributed by atoms with Crippen LogP contribution in [-0.2, 0) is 11.3 Å². The molecule has 2 atom stereocenters. The summed E-state index contributed by atoms with van der Waals surface area (Å²) in [7, 11) is 0. The maximum atomic E-state index is 15.1. The van der Waals surface area contributed by atoms with Gasteiger partial charge in [0.1, 0.15) is 23.4 Å². The van der Waals surface area contributed by atoms with Gasteiger partial charge in [0.15, 0.2) is 6.61 Å². The lowest BCUT2D eigenvalue weighted by molar-refractivity contribution is -0.123. The Labute approximate surface area is 258 Å². The molecule has 3 aliphatic heterocycles. The first kappa shape index (κ1) is 28.1. The Balaban J connectivity index is 1.23. The number of benzene rings is 4. The number of nitrogens with one attached hydrogen (secondary N) is 3. The zero-order chi connectivity index (χ0) is 30.9. The van der Waals surface area contributed by atoms with E-state index in [0.29, 0.717) is 34.7 Å². The largest absolute Gasteiger partial charge is 0.486 e. The van der Waals surface area contributed by atoms with Crippen molar-refractivity contribution >= 4 is 28.6 Å². The van der Waals surface area contributed by atoms with E-state index in [-0.39, 0.29) is 37.1 Å². The van der Waals surface area contributed by atoms with Crippen LogP contribution >= 0.6 is 0 Å². The van der Waals surface area contributed by atoms with E-state index in [1.165, 1.54) is 12.1 Å². The number of carbonyl (C=O) groups excluding carboxylic acids is 3. The molecule has 3 amide bonds. The average Bonchev–Trinajstić information content (AvgIpc) is 3.70. The summed E-state index contributed by atoms with van der Waals surface area (Å²) in [6, 6.07) is 25.3. The molecule has 4 aromatic carbocycles. The van der Waals surface area contributed by atoms with Gasteiger partial charge in [-0.05, 0) is 65.2 Å². The molecule has 1 fully saturated rings. The molecule has 8 rings (SSSR count). The monoisotopic (exact) mass is 604 g/mol. The summed E-state index contributed by atoms with van der Waals surface area (Å²) in [5.41, 5.74) is 3.24. The molecule has 10 heteroatoms. The lowest BCUT2D eigenvalue weighted by Gasteiger charge is -2.21. The van der Waals surface area contributed by atoms with E-state index < -0.39 is 23.9 Å². The first-order valence-corrected chi connectivity index (χ1v) is 14.6. The van der Waals surface area contributed by atoms with E-state index in [1.54, 1.807) is 53.6 Å². The van der Waals surface area contributed by atoms with Crippen LogP contribution in [0.3, 0.4) is 0 Å². The topological polar surface area (TPSA) is 113 Å². The third-order valence-electron chi connectivity index (χ3n) is 8.14. The summed E-state index contributed by atoms with van der Waals surface area (Å²) in [4.78, 5) is 44.6. The number of aromatic nitrogens is 1. The summed E-state index contributed by atoms with van der Waals surface area (Å²) in [6.07, 6.45) is 1.17. The van der Waals surface area contributed by atoms with Crippen molar-refractivity contribution in [3.8, 4) is 22.6 Å². The first-order chi connectivity index (χ1) is 21.9. The Kier molecular flexibility index (Phi) is 7.38. The second-order valence-corrected chi connectivity index (χ2v) is 11.1. The molecule has 226 valence electrons. The van der Waals surface area contributed by atoms with Crippen molar-refractivity contribution in [2.24, 2.45) is 0 Å². The fourth-order valence-electron chi connectivity index (χ4n) is 5.78. The van der Waals surface area contributed by atoms with E-state index in [9.17, 15) is 14.4 Å². The molecule has 0 unspecified atom stereocenters. The quantitative estimate of drug-likeness (QED) is 0.257. The predicted octanol–water partition coefficient (Wildman–Crippen LogP) is 4.68. The lowest BCUT2D eigenvalue weighted by Crippen LogP contribution is -2.45. The Hall–Kier alpha value is -5.64. The maximum absolute atomic E-state index is 15.1. The van der Waals surface area contributed by atoms with Crippen LogP contribution in [0.1, 0.15) is 26.3 Å². The molecule has 4 heterocycles. The number of nitrogens with zero attached hydrogens (tertiary/aromatic N) is 1. The van der Waals surface area contributed by atoms with Crippen molar-refractivity contribution in [3.05, 3.63) is 120 Å². The minimum absolute atomic E-state index is 0.142. The predicted molar refractivity (Wildman–Crippen MR) is 165 cm³/mol. The van der Waals surface area contributed by atoms with Gasteiger partial charge in [0.05, 0.1) is 29.2 Å². The number of hydrogen-bond donors (Lipinski definition) is 3. The summed E-state index contributed by atoms with van der Waals surface area (Å²) >= 11 is 0. The van der Waals surface area contributed by atoms with Gasteiger partial charge in [0, 0.05) is 24.7 Å².